The standard InChI is InChI=1S/C9H11NO4/c1-6-3-4-8(14-6)10-7(11)5-9(12)13-2/h3-4H,5H2,1-2H3,(H,10,11). The fraction of sp³-hybridized carbons (Fsp3) is 0.333. The van der Waals surface area contributed by atoms with Gasteiger partial charge in [0.2, 0.25) is 5.91 Å². The third kappa shape index (κ3) is 2.93. The zero-order valence-corrected chi connectivity index (χ0v) is 7.99. The number of esters is 1. The second kappa shape index (κ2) is 4.45. The van der Waals surface area contributed by atoms with E-state index in [1.165, 1.54) is 7.11 Å². The van der Waals surface area contributed by atoms with Crippen molar-refractivity contribution in [3.05, 3.63) is 17.9 Å². The zero-order chi connectivity index (χ0) is 10.6. The molecule has 0 aromatic carbocycles. The molecule has 0 radical (unpaired) electrons. The number of aryl methyl sites for hydroxylation is 1. The van der Waals surface area contributed by atoms with Crippen LogP contribution in [0.4, 0.5) is 5.88 Å². The molecule has 0 aliphatic carbocycles. The highest BCUT2D eigenvalue weighted by Gasteiger charge is 2.10. The summed E-state index contributed by atoms with van der Waals surface area (Å²) < 4.78 is 9.42. The maximum absolute atomic E-state index is 11.1. The lowest BCUT2D eigenvalue weighted by Crippen LogP contribution is -2.16. The average molecular weight is 197 g/mol. The molecule has 76 valence electrons. The Hall–Kier alpha value is -1.78. The maximum Gasteiger partial charge on any atom is 0.315 e. The number of furan rings is 1. The van der Waals surface area contributed by atoms with E-state index in [9.17, 15) is 9.59 Å². The summed E-state index contributed by atoms with van der Waals surface area (Å²) in [5.41, 5.74) is 0. The quantitative estimate of drug-likeness (QED) is 0.581. The first-order valence-corrected chi connectivity index (χ1v) is 4.05. The summed E-state index contributed by atoms with van der Waals surface area (Å²) >= 11 is 0. The molecule has 1 aromatic rings. The lowest BCUT2D eigenvalue weighted by atomic mass is 10.4. The van der Waals surface area contributed by atoms with Crippen molar-refractivity contribution in [1.82, 2.24) is 0 Å². The van der Waals surface area contributed by atoms with Crippen molar-refractivity contribution in [2.45, 2.75) is 13.3 Å². The van der Waals surface area contributed by atoms with Crippen LogP contribution < -0.4 is 5.32 Å². The molecule has 0 aliphatic heterocycles. The summed E-state index contributed by atoms with van der Waals surface area (Å²) in [6.45, 7) is 1.76. The molecule has 0 saturated heterocycles. The number of carbonyl (C=O) groups is 2. The molecule has 1 heterocycles. The first-order valence-electron chi connectivity index (χ1n) is 4.05. The number of hydrogen-bond donors (Lipinski definition) is 1. The smallest absolute Gasteiger partial charge is 0.315 e. The summed E-state index contributed by atoms with van der Waals surface area (Å²) in [6, 6.07) is 3.33. The topological polar surface area (TPSA) is 68.5 Å². The van der Waals surface area contributed by atoms with Gasteiger partial charge >= 0.3 is 5.97 Å². The van der Waals surface area contributed by atoms with Crippen molar-refractivity contribution < 1.29 is 18.7 Å². The van der Waals surface area contributed by atoms with E-state index in [2.05, 4.69) is 10.1 Å². The van der Waals surface area contributed by atoms with Gasteiger partial charge < -0.3 is 9.15 Å². The van der Waals surface area contributed by atoms with Crippen molar-refractivity contribution in [2.24, 2.45) is 0 Å². The second-order valence-corrected chi connectivity index (χ2v) is 2.71. The Morgan fingerprint density at radius 1 is 1.50 bits per heavy atom. The maximum atomic E-state index is 11.1. The van der Waals surface area contributed by atoms with Crippen LogP contribution in [0.1, 0.15) is 12.2 Å². The molecule has 0 bridgehead atoms. The Balaban J connectivity index is 2.45. The normalized spacial score (nSPS) is 9.57. The van der Waals surface area contributed by atoms with Gasteiger partial charge in [-0.25, -0.2) is 0 Å². The molecule has 0 aliphatic rings. The number of anilines is 1. The van der Waals surface area contributed by atoms with Crippen LogP contribution in [0.3, 0.4) is 0 Å². The van der Waals surface area contributed by atoms with Crippen LogP contribution in [-0.2, 0) is 14.3 Å². The second-order valence-electron chi connectivity index (χ2n) is 2.71. The van der Waals surface area contributed by atoms with Crippen molar-refractivity contribution >= 4 is 17.8 Å². The van der Waals surface area contributed by atoms with E-state index in [0.717, 1.165) is 0 Å². The zero-order valence-electron chi connectivity index (χ0n) is 7.99. The molecule has 14 heavy (non-hydrogen) atoms. The van der Waals surface area contributed by atoms with Crippen LogP contribution in [0.5, 0.6) is 0 Å². The summed E-state index contributed by atoms with van der Waals surface area (Å²) in [6.07, 6.45) is -0.309. The summed E-state index contributed by atoms with van der Waals surface area (Å²) in [4.78, 5) is 21.8. The molecule has 5 heteroatoms. The highest BCUT2D eigenvalue weighted by molar-refractivity contribution is 6.01. The van der Waals surface area contributed by atoms with Gasteiger partial charge in [-0.3, -0.25) is 14.9 Å². The molecule has 0 fully saturated rings. The molecule has 0 atom stereocenters. The lowest BCUT2D eigenvalue weighted by molar-refractivity contribution is -0.142. The van der Waals surface area contributed by atoms with E-state index >= 15 is 0 Å². The number of amides is 1. The van der Waals surface area contributed by atoms with Crippen LogP contribution >= 0.6 is 0 Å². The minimum absolute atomic E-state index is 0.309. The van der Waals surface area contributed by atoms with Gasteiger partial charge in [0, 0.05) is 6.07 Å². The highest BCUT2D eigenvalue weighted by Crippen LogP contribution is 2.11. The number of methoxy groups -OCH3 is 1. The lowest BCUT2D eigenvalue weighted by Gasteiger charge is -1.99. The van der Waals surface area contributed by atoms with Crippen LogP contribution in [-0.4, -0.2) is 19.0 Å². The van der Waals surface area contributed by atoms with Crippen LogP contribution in [0, 0.1) is 6.92 Å². The van der Waals surface area contributed by atoms with Crippen LogP contribution in [0.25, 0.3) is 0 Å². The van der Waals surface area contributed by atoms with E-state index in [0.29, 0.717) is 11.6 Å². The van der Waals surface area contributed by atoms with Gasteiger partial charge in [0.1, 0.15) is 12.2 Å². The van der Waals surface area contributed by atoms with Gasteiger partial charge in [-0.05, 0) is 13.0 Å². The van der Waals surface area contributed by atoms with E-state index in [1.54, 1.807) is 19.1 Å². The largest absolute Gasteiger partial charge is 0.469 e. The number of ether oxygens (including phenoxy) is 1. The van der Waals surface area contributed by atoms with Gasteiger partial charge in [0.25, 0.3) is 0 Å². The van der Waals surface area contributed by atoms with Crippen LogP contribution in [0.15, 0.2) is 16.5 Å². The monoisotopic (exact) mass is 197 g/mol. The third-order valence-electron chi connectivity index (χ3n) is 1.54. The van der Waals surface area contributed by atoms with Gasteiger partial charge in [-0.2, -0.15) is 0 Å². The molecule has 1 N–H and O–H groups in total. The first kappa shape index (κ1) is 10.3. The van der Waals surface area contributed by atoms with Crippen molar-refractivity contribution in [3.8, 4) is 0 Å². The van der Waals surface area contributed by atoms with Crippen LogP contribution in [0.2, 0.25) is 0 Å². The van der Waals surface area contributed by atoms with Crippen molar-refractivity contribution in [2.75, 3.05) is 12.4 Å². The molecule has 1 amide bonds. The molecular formula is C9H11NO4. The molecular weight excluding hydrogens is 186 g/mol. The third-order valence-corrected chi connectivity index (χ3v) is 1.54. The summed E-state index contributed by atoms with van der Waals surface area (Å²) in [5, 5.41) is 2.42. The first-order chi connectivity index (χ1) is 6.61. The fourth-order valence-electron chi connectivity index (χ4n) is 0.887. The molecule has 1 aromatic heterocycles. The Morgan fingerprint density at radius 2 is 2.21 bits per heavy atom. The minimum atomic E-state index is -0.578. The van der Waals surface area contributed by atoms with Gasteiger partial charge in [0.15, 0.2) is 5.88 Å². The summed E-state index contributed by atoms with van der Waals surface area (Å²) in [5.74, 6) is -0.00764. The van der Waals surface area contributed by atoms with E-state index in [1.807, 2.05) is 0 Å². The van der Waals surface area contributed by atoms with Crippen molar-refractivity contribution in [1.29, 1.82) is 0 Å². The van der Waals surface area contributed by atoms with Gasteiger partial charge in [0.05, 0.1) is 7.11 Å². The predicted molar refractivity (Wildman–Crippen MR) is 48.7 cm³/mol. The van der Waals surface area contributed by atoms with E-state index in [-0.39, 0.29) is 6.42 Å². The number of rotatable bonds is 3. The predicted octanol–water partition coefficient (Wildman–Crippen LogP) is 1.09. The van der Waals surface area contributed by atoms with E-state index in [4.69, 9.17) is 4.42 Å². The highest BCUT2D eigenvalue weighted by atomic mass is 16.5. The number of carbonyl (C=O) groups excluding carboxylic acids is 2. The fourth-order valence-corrected chi connectivity index (χ4v) is 0.887. The minimum Gasteiger partial charge on any atom is -0.469 e. The Kier molecular flexibility index (Phi) is 3.28. The van der Waals surface area contributed by atoms with Gasteiger partial charge in [-0.1, -0.05) is 0 Å². The number of hydrogen-bond acceptors (Lipinski definition) is 4. The molecule has 1 rings (SSSR count). The summed E-state index contributed by atoms with van der Waals surface area (Å²) in [7, 11) is 1.23. The SMILES string of the molecule is COC(=O)CC(=O)Nc1ccc(C)o1. The Labute approximate surface area is 81.0 Å². The van der Waals surface area contributed by atoms with E-state index < -0.39 is 11.9 Å². The van der Waals surface area contributed by atoms with Crippen molar-refractivity contribution in [3.63, 3.8) is 0 Å². The molecule has 0 unspecified atom stereocenters. The Morgan fingerprint density at radius 3 is 2.71 bits per heavy atom. The molecule has 5 nitrogen and oxygen atoms in total. The Bertz CT molecular complexity index is 342. The average Bonchev–Trinajstić information content (AvgIpc) is 2.50. The molecule has 0 spiro atoms. The number of nitrogens with one attached hydrogen (secondary N) is 1. The molecule has 0 saturated carbocycles. The van der Waals surface area contributed by atoms with Gasteiger partial charge in [-0.15, -0.1) is 0 Å².